The lowest BCUT2D eigenvalue weighted by molar-refractivity contribution is -0.137. The molecule has 1 aliphatic heterocycles. The van der Waals surface area contributed by atoms with Gasteiger partial charge in [-0.25, -0.2) is 4.79 Å². The third kappa shape index (κ3) is 2.20. The monoisotopic (exact) mass is 231 g/mol. The number of carbonyl (C=O) groups is 2. The van der Waals surface area contributed by atoms with Gasteiger partial charge in [0.05, 0.1) is 12.3 Å². The third-order valence-electron chi connectivity index (χ3n) is 2.51. The van der Waals surface area contributed by atoms with Gasteiger partial charge in [0.1, 0.15) is 0 Å². The van der Waals surface area contributed by atoms with Crippen molar-refractivity contribution in [3.05, 3.63) is 41.0 Å². The molecule has 1 aromatic carbocycles. The lowest BCUT2D eigenvalue weighted by Crippen LogP contribution is -2.13. The Balaban J connectivity index is 2.37. The molecule has 0 saturated carbocycles. The van der Waals surface area contributed by atoms with E-state index in [4.69, 9.17) is 4.74 Å². The van der Waals surface area contributed by atoms with Gasteiger partial charge in [0.25, 0.3) is 5.91 Å². The van der Waals surface area contributed by atoms with Crippen molar-refractivity contribution in [3.8, 4) is 0 Å². The minimum Gasteiger partial charge on any atom is -0.463 e. The molecule has 88 valence electrons. The Kier molecular flexibility index (Phi) is 2.95. The summed E-state index contributed by atoms with van der Waals surface area (Å²) in [7, 11) is 0. The molecule has 0 unspecified atom stereocenters. The number of amides is 1. The van der Waals surface area contributed by atoms with Crippen LogP contribution in [0.25, 0.3) is 5.70 Å². The van der Waals surface area contributed by atoms with E-state index < -0.39 is 5.97 Å². The quantitative estimate of drug-likeness (QED) is 0.622. The second-order valence-corrected chi connectivity index (χ2v) is 3.81. The van der Waals surface area contributed by atoms with Crippen LogP contribution in [0.15, 0.2) is 24.3 Å². The van der Waals surface area contributed by atoms with Gasteiger partial charge in [-0.2, -0.15) is 0 Å². The van der Waals surface area contributed by atoms with Crippen molar-refractivity contribution in [1.29, 1.82) is 0 Å². The van der Waals surface area contributed by atoms with E-state index in [-0.39, 0.29) is 5.91 Å². The van der Waals surface area contributed by atoms with Gasteiger partial charge < -0.3 is 10.1 Å². The van der Waals surface area contributed by atoms with Gasteiger partial charge in [-0.05, 0) is 19.9 Å². The van der Waals surface area contributed by atoms with Crippen LogP contribution in [0.3, 0.4) is 0 Å². The largest absolute Gasteiger partial charge is 0.463 e. The van der Waals surface area contributed by atoms with E-state index >= 15 is 0 Å². The van der Waals surface area contributed by atoms with Gasteiger partial charge in [-0.15, -0.1) is 0 Å². The van der Waals surface area contributed by atoms with E-state index in [1.807, 2.05) is 19.1 Å². The maximum absolute atomic E-state index is 11.7. The molecular weight excluding hydrogens is 218 g/mol. The van der Waals surface area contributed by atoms with Crippen molar-refractivity contribution in [1.82, 2.24) is 5.32 Å². The van der Waals surface area contributed by atoms with Gasteiger partial charge in [-0.1, -0.05) is 17.7 Å². The summed E-state index contributed by atoms with van der Waals surface area (Å²) in [6.45, 7) is 3.97. The molecule has 1 N–H and O–H groups in total. The molecule has 17 heavy (non-hydrogen) atoms. The van der Waals surface area contributed by atoms with Crippen molar-refractivity contribution in [2.75, 3.05) is 6.61 Å². The standard InChI is InChI=1S/C13H13NO3/c1-3-17-12(15)7-11-9-5-4-8(2)6-10(9)13(16)14-11/h4-7H,3H2,1-2H3,(H,14,16)/b11-7+. The number of aryl methyl sites for hydroxylation is 1. The molecule has 4 heteroatoms. The fourth-order valence-electron chi connectivity index (χ4n) is 1.75. The van der Waals surface area contributed by atoms with E-state index in [0.29, 0.717) is 17.9 Å². The predicted molar refractivity (Wildman–Crippen MR) is 63.3 cm³/mol. The number of ether oxygens (including phenoxy) is 1. The van der Waals surface area contributed by atoms with Crippen LogP contribution in [0.4, 0.5) is 0 Å². The first-order valence-corrected chi connectivity index (χ1v) is 5.42. The smallest absolute Gasteiger partial charge is 0.332 e. The number of carbonyl (C=O) groups excluding carboxylic acids is 2. The minimum absolute atomic E-state index is 0.181. The fraction of sp³-hybridized carbons (Fsp3) is 0.231. The molecule has 1 heterocycles. The van der Waals surface area contributed by atoms with Crippen LogP contribution in [0.5, 0.6) is 0 Å². The van der Waals surface area contributed by atoms with Crippen LogP contribution in [0.2, 0.25) is 0 Å². The zero-order valence-corrected chi connectivity index (χ0v) is 9.74. The molecule has 1 aliphatic rings. The summed E-state index contributed by atoms with van der Waals surface area (Å²) in [5.74, 6) is -0.629. The molecule has 0 saturated heterocycles. The van der Waals surface area contributed by atoms with E-state index in [0.717, 1.165) is 11.1 Å². The SMILES string of the molecule is CCOC(=O)/C=C1/NC(=O)c2cc(C)ccc21. The summed E-state index contributed by atoms with van der Waals surface area (Å²) < 4.78 is 4.81. The highest BCUT2D eigenvalue weighted by Crippen LogP contribution is 2.25. The second kappa shape index (κ2) is 4.41. The highest BCUT2D eigenvalue weighted by molar-refractivity contribution is 6.11. The summed E-state index contributed by atoms with van der Waals surface area (Å²) in [5, 5.41) is 2.66. The van der Waals surface area contributed by atoms with Crippen LogP contribution in [0.1, 0.15) is 28.4 Å². The second-order valence-electron chi connectivity index (χ2n) is 3.81. The Bertz CT molecular complexity index is 517. The zero-order valence-electron chi connectivity index (χ0n) is 9.74. The van der Waals surface area contributed by atoms with Gasteiger partial charge in [-0.3, -0.25) is 4.79 Å². The van der Waals surface area contributed by atoms with E-state index in [1.165, 1.54) is 6.08 Å². The van der Waals surface area contributed by atoms with Crippen LogP contribution in [0, 0.1) is 6.92 Å². The Morgan fingerprint density at radius 1 is 1.41 bits per heavy atom. The molecular formula is C13H13NO3. The van der Waals surface area contributed by atoms with Crippen molar-refractivity contribution in [2.45, 2.75) is 13.8 Å². The summed E-state index contributed by atoms with van der Waals surface area (Å²) >= 11 is 0. The molecule has 0 aliphatic carbocycles. The molecule has 0 bridgehead atoms. The molecule has 0 radical (unpaired) electrons. The predicted octanol–water partition coefficient (Wildman–Crippen LogP) is 1.64. The average molecular weight is 231 g/mol. The lowest BCUT2D eigenvalue weighted by Gasteiger charge is -2.00. The van der Waals surface area contributed by atoms with Crippen LogP contribution >= 0.6 is 0 Å². The number of nitrogens with one attached hydrogen (secondary N) is 1. The first-order valence-electron chi connectivity index (χ1n) is 5.42. The molecule has 0 spiro atoms. The van der Waals surface area contributed by atoms with Gasteiger partial charge >= 0.3 is 5.97 Å². The first kappa shape index (κ1) is 11.4. The molecule has 0 fully saturated rings. The summed E-state index contributed by atoms with van der Waals surface area (Å²) in [4.78, 5) is 23.0. The summed E-state index contributed by atoms with van der Waals surface area (Å²) in [5.41, 5.74) is 2.86. The zero-order chi connectivity index (χ0) is 12.4. The molecule has 0 atom stereocenters. The normalized spacial score (nSPS) is 15.6. The van der Waals surface area contributed by atoms with Crippen molar-refractivity contribution in [3.63, 3.8) is 0 Å². The van der Waals surface area contributed by atoms with Crippen molar-refractivity contribution < 1.29 is 14.3 Å². The summed E-state index contributed by atoms with van der Waals surface area (Å²) in [6.07, 6.45) is 1.31. The Hall–Kier alpha value is -2.10. The highest BCUT2D eigenvalue weighted by Gasteiger charge is 2.24. The maximum Gasteiger partial charge on any atom is 0.332 e. The topological polar surface area (TPSA) is 55.4 Å². The van der Waals surface area contributed by atoms with Gasteiger partial charge in [0.2, 0.25) is 0 Å². The highest BCUT2D eigenvalue weighted by atomic mass is 16.5. The molecule has 4 nitrogen and oxygen atoms in total. The van der Waals surface area contributed by atoms with Crippen molar-refractivity contribution in [2.24, 2.45) is 0 Å². The number of esters is 1. The number of hydrogen-bond donors (Lipinski definition) is 1. The van der Waals surface area contributed by atoms with E-state index in [2.05, 4.69) is 5.32 Å². The Morgan fingerprint density at radius 3 is 2.88 bits per heavy atom. The maximum atomic E-state index is 11.7. The molecule has 1 amide bonds. The molecule has 2 rings (SSSR count). The average Bonchev–Trinajstić information content (AvgIpc) is 2.56. The van der Waals surface area contributed by atoms with Crippen LogP contribution in [-0.4, -0.2) is 18.5 Å². The Morgan fingerprint density at radius 2 is 2.18 bits per heavy atom. The van der Waals surface area contributed by atoms with Gasteiger partial charge in [0.15, 0.2) is 0 Å². The van der Waals surface area contributed by atoms with Crippen molar-refractivity contribution >= 4 is 17.6 Å². The van der Waals surface area contributed by atoms with E-state index in [1.54, 1.807) is 13.0 Å². The third-order valence-corrected chi connectivity index (χ3v) is 2.51. The lowest BCUT2D eigenvalue weighted by atomic mass is 10.1. The summed E-state index contributed by atoms with van der Waals surface area (Å²) in [6, 6.07) is 5.53. The van der Waals surface area contributed by atoms with Crippen LogP contribution < -0.4 is 5.32 Å². The number of fused-ring (bicyclic) bond motifs is 1. The molecule has 0 aromatic heterocycles. The number of rotatable bonds is 2. The number of hydrogen-bond acceptors (Lipinski definition) is 3. The Labute approximate surface area is 99.3 Å². The minimum atomic E-state index is -0.448. The van der Waals surface area contributed by atoms with E-state index in [9.17, 15) is 9.59 Å². The molecule has 1 aromatic rings. The van der Waals surface area contributed by atoms with Gasteiger partial charge in [0, 0.05) is 17.2 Å². The number of benzene rings is 1. The van der Waals surface area contributed by atoms with Crippen LogP contribution in [-0.2, 0) is 9.53 Å². The fourth-order valence-corrected chi connectivity index (χ4v) is 1.75. The first-order chi connectivity index (χ1) is 8.11.